The Morgan fingerprint density at radius 2 is 1.66 bits per heavy atom. The maximum atomic E-state index is 11.1. The van der Waals surface area contributed by atoms with Crippen LogP contribution in [0.2, 0.25) is 0 Å². The number of carbonyl (C=O) groups is 1. The van der Waals surface area contributed by atoms with E-state index in [-0.39, 0.29) is 0 Å². The molecule has 29 heavy (non-hydrogen) atoms. The molecule has 0 atom stereocenters. The minimum atomic E-state index is -0.775. The number of aliphatic hydroxyl groups is 1. The summed E-state index contributed by atoms with van der Waals surface area (Å²) in [6.07, 6.45) is 6.86. The fraction of sp³-hybridized carbons (Fsp3) is 0.435. The van der Waals surface area contributed by atoms with Crippen LogP contribution in [0.25, 0.3) is 0 Å². The smallest absolute Gasteiger partial charge is 0.316 e. The van der Waals surface area contributed by atoms with Crippen molar-refractivity contribution in [2.75, 3.05) is 5.32 Å². The summed E-state index contributed by atoms with van der Waals surface area (Å²) in [6.45, 7) is 5.54. The fourth-order valence-corrected chi connectivity index (χ4v) is 4.64. The van der Waals surface area contributed by atoms with E-state index in [0.29, 0.717) is 0 Å². The van der Waals surface area contributed by atoms with E-state index in [2.05, 4.69) is 11.4 Å². The van der Waals surface area contributed by atoms with Crippen molar-refractivity contribution in [3.05, 3.63) is 57.6 Å². The molecule has 0 bridgehead atoms. The van der Waals surface area contributed by atoms with Gasteiger partial charge in [-0.2, -0.15) is 0 Å². The van der Waals surface area contributed by atoms with Crippen molar-refractivity contribution in [2.24, 2.45) is 10.9 Å². The third kappa shape index (κ3) is 4.94. The molecule has 4 rings (SSSR count). The molecule has 6 N–H and O–H groups in total. The number of aryl methyl sites for hydroxylation is 3. The first kappa shape index (κ1) is 21.7. The maximum absolute atomic E-state index is 11.1. The number of carbonyl (C=O) groups excluding carboxylic acids is 1. The Labute approximate surface area is 177 Å². The zero-order chi connectivity index (χ0) is 21.2. The Morgan fingerprint density at radius 1 is 1.07 bits per heavy atom. The number of benzene rings is 2. The van der Waals surface area contributed by atoms with Gasteiger partial charge in [-0.3, -0.25) is 5.14 Å². The van der Waals surface area contributed by atoms with Crippen LogP contribution in [0.15, 0.2) is 29.2 Å². The molecule has 0 radical (unpaired) electrons. The number of nitrogens with one attached hydrogen (secondary N) is 1. The van der Waals surface area contributed by atoms with Crippen LogP contribution < -0.4 is 16.2 Å². The van der Waals surface area contributed by atoms with E-state index >= 15 is 0 Å². The number of amides is 2. The first-order valence-corrected chi connectivity index (χ1v) is 11.0. The lowest BCUT2D eigenvalue weighted by Gasteiger charge is -2.18. The summed E-state index contributed by atoms with van der Waals surface area (Å²) >= 11 is 1.23. The van der Waals surface area contributed by atoms with Crippen LogP contribution in [0.4, 0.5) is 10.5 Å². The Balaban J connectivity index is 0.000000170. The zero-order valence-corrected chi connectivity index (χ0v) is 18.3. The predicted molar refractivity (Wildman–Crippen MR) is 120 cm³/mol. The van der Waals surface area contributed by atoms with Crippen LogP contribution in [-0.4, -0.2) is 11.1 Å². The van der Waals surface area contributed by atoms with E-state index in [1.807, 2.05) is 25.1 Å². The molecule has 0 unspecified atom stereocenters. The summed E-state index contributed by atoms with van der Waals surface area (Å²) in [4.78, 5) is 12.1. The highest BCUT2D eigenvalue weighted by molar-refractivity contribution is 7.97. The number of primary amides is 1. The molecule has 0 spiro atoms. The van der Waals surface area contributed by atoms with Gasteiger partial charge in [0.2, 0.25) is 0 Å². The number of hydrogen-bond donors (Lipinski definition) is 4. The summed E-state index contributed by atoms with van der Waals surface area (Å²) < 4.78 is 0. The number of anilines is 1. The molecule has 2 aliphatic rings. The number of fused-ring (bicyclic) bond motifs is 2. The number of nitrogens with two attached hydrogens (primary N) is 2. The van der Waals surface area contributed by atoms with E-state index in [1.54, 1.807) is 13.8 Å². The second-order valence-electron chi connectivity index (χ2n) is 8.38. The molecule has 2 amide bonds. The Kier molecular flexibility index (Phi) is 6.56. The van der Waals surface area contributed by atoms with Gasteiger partial charge < -0.3 is 16.2 Å². The van der Waals surface area contributed by atoms with Crippen molar-refractivity contribution in [3.8, 4) is 0 Å². The topological polar surface area (TPSA) is 101 Å². The second kappa shape index (κ2) is 8.78. The quantitative estimate of drug-likeness (QED) is 0.562. The summed E-state index contributed by atoms with van der Waals surface area (Å²) in [5.41, 5.74) is 13.1. The first-order valence-electron chi connectivity index (χ1n) is 10.1. The molecule has 2 aromatic rings. The molecule has 2 aliphatic carbocycles. The number of hydrogen-bond acceptors (Lipinski definition) is 4. The molecular formula is C23H31N3O2S. The van der Waals surface area contributed by atoms with Crippen molar-refractivity contribution < 1.29 is 9.90 Å². The van der Waals surface area contributed by atoms with E-state index in [1.165, 1.54) is 47.0 Å². The molecule has 156 valence electrons. The maximum Gasteiger partial charge on any atom is 0.316 e. The minimum absolute atomic E-state index is 0.436. The molecule has 2 aromatic carbocycles. The molecule has 6 heteroatoms. The van der Waals surface area contributed by atoms with Gasteiger partial charge >= 0.3 is 6.03 Å². The van der Waals surface area contributed by atoms with Gasteiger partial charge in [-0.15, -0.1) is 0 Å². The van der Waals surface area contributed by atoms with E-state index in [9.17, 15) is 9.90 Å². The van der Waals surface area contributed by atoms with Crippen molar-refractivity contribution >= 4 is 23.7 Å². The fourth-order valence-electron chi connectivity index (χ4n) is 4.25. The van der Waals surface area contributed by atoms with Crippen molar-refractivity contribution in [3.63, 3.8) is 0 Å². The van der Waals surface area contributed by atoms with Gasteiger partial charge in [-0.1, -0.05) is 18.2 Å². The lowest BCUT2D eigenvalue weighted by molar-refractivity contribution is 0.0785. The van der Waals surface area contributed by atoms with Crippen molar-refractivity contribution in [1.29, 1.82) is 0 Å². The third-order valence-electron chi connectivity index (χ3n) is 5.73. The largest absolute Gasteiger partial charge is 0.386 e. The highest BCUT2D eigenvalue weighted by Crippen LogP contribution is 2.38. The van der Waals surface area contributed by atoms with Crippen LogP contribution in [0.1, 0.15) is 60.1 Å². The molecule has 0 heterocycles. The average molecular weight is 414 g/mol. The van der Waals surface area contributed by atoms with Gasteiger partial charge in [0.05, 0.1) is 5.60 Å². The standard InChI is InChI=1S/C13H16N2O.C10H15NOS/c14-13(16)15-12-10-5-1-3-8(10)7-9-4-2-6-11(9)12;1-7-6-8(10(2,3)12)4-5-9(7)13-11/h7H,1-6H2,(H3,14,15,16);4-6,12H,11H2,1-3H3. The molecule has 0 aromatic heterocycles. The highest BCUT2D eigenvalue weighted by atomic mass is 32.2. The van der Waals surface area contributed by atoms with E-state index in [4.69, 9.17) is 10.9 Å². The van der Waals surface area contributed by atoms with Crippen LogP contribution >= 0.6 is 11.9 Å². The van der Waals surface area contributed by atoms with Crippen LogP contribution in [0.3, 0.4) is 0 Å². The van der Waals surface area contributed by atoms with Crippen LogP contribution in [0.5, 0.6) is 0 Å². The number of rotatable bonds is 3. The monoisotopic (exact) mass is 413 g/mol. The lowest BCUT2D eigenvalue weighted by atomic mass is 9.97. The van der Waals surface area contributed by atoms with Crippen LogP contribution in [0, 0.1) is 6.92 Å². The Hall–Kier alpha value is -2.02. The van der Waals surface area contributed by atoms with Gasteiger partial charge in [0.1, 0.15) is 0 Å². The zero-order valence-electron chi connectivity index (χ0n) is 17.5. The van der Waals surface area contributed by atoms with Gasteiger partial charge in [-0.25, -0.2) is 4.79 Å². The summed E-state index contributed by atoms with van der Waals surface area (Å²) in [5.74, 6) is 0. The molecule has 0 saturated carbocycles. The molecule has 0 fully saturated rings. The second-order valence-corrected chi connectivity index (χ2v) is 9.06. The van der Waals surface area contributed by atoms with E-state index < -0.39 is 11.6 Å². The SMILES string of the molecule is Cc1cc(C(C)(C)O)ccc1SN.NC(=O)Nc1c2c(cc3c1CCC3)CCC2. The van der Waals surface area contributed by atoms with E-state index in [0.717, 1.165) is 47.4 Å². The molecule has 5 nitrogen and oxygen atoms in total. The normalized spacial score (nSPS) is 14.7. The Morgan fingerprint density at radius 3 is 2.10 bits per heavy atom. The predicted octanol–water partition coefficient (Wildman–Crippen LogP) is 4.34. The molecule has 0 saturated heterocycles. The molecule has 0 aliphatic heterocycles. The summed E-state index contributed by atoms with van der Waals surface area (Å²) in [6, 6.07) is 7.72. The van der Waals surface area contributed by atoms with Crippen molar-refractivity contribution in [1.82, 2.24) is 0 Å². The lowest BCUT2D eigenvalue weighted by Crippen LogP contribution is -2.21. The Bertz CT molecular complexity index is 887. The average Bonchev–Trinajstić information content (AvgIpc) is 3.30. The van der Waals surface area contributed by atoms with Gasteiger partial charge in [0.15, 0.2) is 0 Å². The highest BCUT2D eigenvalue weighted by Gasteiger charge is 2.24. The van der Waals surface area contributed by atoms with Gasteiger partial charge in [0, 0.05) is 10.6 Å². The van der Waals surface area contributed by atoms with Gasteiger partial charge in [-0.05, 0) is 111 Å². The minimum Gasteiger partial charge on any atom is -0.386 e. The summed E-state index contributed by atoms with van der Waals surface area (Å²) in [7, 11) is 0. The van der Waals surface area contributed by atoms with Crippen molar-refractivity contribution in [2.45, 2.75) is 69.8 Å². The molecular weight excluding hydrogens is 382 g/mol. The third-order valence-corrected chi connectivity index (χ3v) is 6.44. The summed E-state index contributed by atoms with van der Waals surface area (Å²) in [5, 5.41) is 18.0. The van der Waals surface area contributed by atoms with Crippen LogP contribution in [-0.2, 0) is 31.3 Å². The van der Waals surface area contributed by atoms with Gasteiger partial charge in [0.25, 0.3) is 0 Å². The number of urea groups is 1. The first-order chi connectivity index (χ1) is 13.7.